The summed E-state index contributed by atoms with van der Waals surface area (Å²) in [5, 5.41) is 2.11. The highest BCUT2D eigenvalue weighted by Gasteiger charge is 2.18. The van der Waals surface area contributed by atoms with E-state index in [0.717, 1.165) is 17.0 Å². The Balaban J connectivity index is 2.05. The number of nitrogens with zero attached hydrogens (tertiary/aromatic N) is 1. The molecule has 0 saturated heterocycles. The van der Waals surface area contributed by atoms with Crippen molar-refractivity contribution in [2.45, 2.75) is 19.3 Å². The van der Waals surface area contributed by atoms with Crippen LogP contribution in [0.3, 0.4) is 0 Å². The number of aryl methyl sites for hydroxylation is 1. The highest BCUT2D eigenvalue weighted by Crippen LogP contribution is 2.32. The normalized spacial score (nSPS) is 12.7. The third kappa shape index (κ3) is 2.53. The van der Waals surface area contributed by atoms with Crippen molar-refractivity contribution in [3.05, 3.63) is 70.4 Å². The Labute approximate surface area is 136 Å². The third-order valence-electron chi connectivity index (χ3n) is 4.61. The molecule has 1 heterocycles. The number of fused-ring (bicyclic) bond motifs is 1. The highest BCUT2D eigenvalue weighted by molar-refractivity contribution is 6.31. The maximum atomic E-state index is 6.37. The first kappa shape index (κ1) is 15.1. The van der Waals surface area contributed by atoms with Crippen LogP contribution in [-0.2, 0) is 13.5 Å². The van der Waals surface area contributed by atoms with Gasteiger partial charge in [0.1, 0.15) is 0 Å². The average molecular weight is 313 g/mol. The summed E-state index contributed by atoms with van der Waals surface area (Å²) in [6.45, 7) is 2.77. The van der Waals surface area contributed by atoms with Crippen LogP contribution in [0, 0.1) is 6.92 Å². The lowest BCUT2D eigenvalue weighted by molar-refractivity contribution is 0.691. The SMILES string of the molecule is Cc1c(CC(CN)c2ccccc2Cl)c2ccccc2n1C. The van der Waals surface area contributed by atoms with Crippen molar-refractivity contribution in [2.75, 3.05) is 6.54 Å². The molecule has 0 amide bonds. The minimum atomic E-state index is 0.234. The fourth-order valence-electron chi connectivity index (χ4n) is 3.23. The lowest BCUT2D eigenvalue weighted by atomic mass is 9.91. The van der Waals surface area contributed by atoms with Crippen LogP contribution < -0.4 is 5.73 Å². The van der Waals surface area contributed by atoms with E-state index in [1.165, 1.54) is 22.2 Å². The van der Waals surface area contributed by atoms with Crippen LogP contribution in [0.5, 0.6) is 0 Å². The molecule has 1 unspecified atom stereocenters. The summed E-state index contributed by atoms with van der Waals surface area (Å²) in [5.74, 6) is 0.234. The van der Waals surface area contributed by atoms with Crippen molar-refractivity contribution in [3.8, 4) is 0 Å². The highest BCUT2D eigenvalue weighted by atomic mass is 35.5. The van der Waals surface area contributed by atoms with Crippen molar-refractivity contribution >= 4 is 22.5 Å². The van der Waals surface area contributed by atoms with Crippen LogP contribution in [0.25, 0.3) is 10.9 Å². The summed E-state index contributed by atoms with van der Waals surface area (Å²) in [6, 6.07) is 16.5. The third-order valence-corrected chi connectivity index (χ3v) is 4.95. The van der Waals surface area contributed by atoms with Gasteiger partial charge in [0.2, 0.25) is 0 Å². The van der Waals surface area contributed by atoms with Crippen LogP contribution in [0.15, 0.2) is 48.5 Å². The van der Waals surface area contributed by atoms with E-state index in [0.29, 0.717) is 6.54 Å². The molecule has 0 aliphatic carbocycles. The number of hydrogen-bond donors (Lipinski definition) is 1. The zero-order chi connectivity index (χ0) is 15.7. The molecule has 1 atom stereocenters. The van der Waals surface area contributed by atoms with Crippen LogP contribution in [-0.4, -0.2) is 11.1 Å². The zero-order valence-corrected chi connectivity index (χ0v) is 13.8. The van der Waals surface area contributed by atoms with Gasteiger partial charge >= 0.3 is 0 Å². The maximum absolute atomic E-state index is 6.37. The van der Waals surface area contributed by atoms with Gasteiger partial charge in [-0.3, -0.25) is 0 Å². The van der Waals surface area contributed by atoms with E-state index < -0.39 is 0 Å². The topological polar surface area (TPSA) is 30.9 Å². The average Bonchev–Trinajstić information content (AvgIpc) is 2.78. The van der Waals surface area contributed by atoms with Crippen LogP contribution in [0.1, 0.15) is 22.7 Å². The van der Waals surface area contributed by atoms with Crippen LogP contribution in [0.4, 0.5) is 0 Å². The Bertz CT molecular complexity index is 804. The fourth-order valence-corrected chi connectivity index (χ4v) is 3.52. The first-order valence-corrected chi connectivity index (χ1v) is 7.98. The Morgan fingerprint density at radius 2 is 1.77 bits per heavy atom. The standard InChI is InChI=1S/C19H21ClN2/c1-13-17(16-8-4-6-10-19(16)22(13)2)11-14(12-21)15-7-3-5-9-18(15)20/h3-10,14H,11-12,21H2,1-2H3. The molecule has 0 fully saturated rings. The van der Waals surface area contributed by atoms with Crippen LogP contribution >= 0.6 is 11.6 Å². The van der Waals surface area contributed by atoms with Crippen molar-refractivity contribution < 1.29 is 0 Å². The summed E-state index contributed by atoms with van der Waals surface area (Å²) < 4.78 is 2.25. The molecule has 114 valence electrons. The summed E-state index contributed by atoms with van der Waals surface area (Å²) in [7, 11) is 2.12. The maximum Gasteiger partial charge on any atom is 0.0482 e. The molecule has 0 aliphatic rings. The second-order valence-electron chi connectivity index (χ2n) is 5.80. The van der Waals surface area contributed by atoms with Gasteiger partial charge in [0, 0.05) is 34.6 Å². The van der Waals surface area contributed by atoms with E-state index in [1.807, 2.05) is 18.2 Å². The fraction of sp³-hybridized carbons (Fsp3) is 0.263. The summed E-state index contributed by atoms with van der Waals surface area (Å²) in [6.07, 6.45) is 0.910. The molecule has 22 heavy (non-hydrogen) atoms. The quantitative estimate of drug-likeness (QED) is 0.759. The van der Waals surface area contributed by atoms with Gasteiger partial charge in [-0.25, -0.2) is 0 Å². The minimum absolute atomic E-state index is 0.234. The molecular formula is C19H21ClN2. The summed E-state index contributed by atoms with van der Waals surface area (Å²) in [4.78, 5) is 0. The van der Waals surface area contributed by atoms with Gasteiger partial charge in [-0.1, -0.05) is 48.0 Å². The molecule has 2 aromatic carbocycles. The molecule has 0 radical (unpaired) electrons. The van der Waals surface area contributed by atoms with Gasteiger partial charge in [-0.15, -0.1) is 0 Å². The van der Waals surface area contributed by atoms with Crippen molar-refractivity contribution in [3.63, 3.8) is 0 Å². The van der Waals surface area contributed by atoms with E-state index in [2.05, 4.69) is 48.9 Å². The molecule has 2 N–H and O–H groups in total. The minimum Gasteiger partial charge on any atom is -0.348 e. The lowest BCUT2D eigenvalue weighted by Gasteiger charge is -2.17. The van der Waals surface area contributed by atoms with E-state index >= 15 is 0 Å². The molecular weight excluding hydrogens is 292 g/mol. The van der Waals surface area contributed by atoms with Gasteiger partial charge in [-0.05, 0) is 43.1 Å². The first-order chi connectivity index (χ1) is 10.6. The largest absolute Gasteiger partial charge is 0.348 e. The molecule has 0 bridgehead atoms. The first-order valence-electron chi connectivity index (χ1n) is 7.61. The van der Waals surface area contributed by atoms with Gasteiger partial charge in [0.05, 0.1) is 0 Å². The Hall–Kier alpha value is -1.77. The van der Waals surface area contributed by atoms with Crippen LogP contribution in [0.2, 0.25) is 5.02 Å². The molecule has 0 aliphatic heterocycles. The number of para-hydroxylation sites is 1. The number of hydrogen-bond acceptors (Lipinski definition) is 1. The molecule has 3 rings (SSSR count). The Kier molecular flexibility index (Phi) is 4.23. The number of benzene rings is 2. The predicted molar refractivity (Wildman–Crippen MR) is 94.6 cm³/mol. The lowest BCUT2D eigenvalue weighted by Crippen LogP contribution is -2.16. The number of aromatic nitrogens is 1. The van der Waals surface area contributed by atoms with Gasteiger partial charge in [0.15, 0.2) is 0 Å². The van der Waals surface area contributed by atoms with E-state index in [1.54, 1.807) is 0 Å². The van der Waals surface area contributed by atoms with Crippen molar-refractivity contribution in [1.29, 1.82) is 0 Å². The predicted octanol–water partition coefficient (Wildman–Crippen LogP) is 4.43. The van der Waals surface area contributed by atoms with E-state index in [-0.39, 0.29) is 5.92 Å². The van der Waals surface area contributed by atoms with Gasteiger partial charge < -0.3 is 10.3 Å². The van der Waals surface area contributed by atoms with E-state index in [9.17, 15) is 0 Å². The molecule has 3 heteroatoms. The zero-order valence-electron chi connectivity index (χ0n) is 13.0. The molecule has 2 nitrogen and oxygen atoms in total. The van der Waals surface area contributed by atoms with Gasteiger partial charge in [0.25, 0.3) is 0 Å². The summed E-state index contributed by atoms with van der Waals surface area (Å²) in [5.41, 5.74) is 11.1. The second-order valence-corrected chi connectivity index (χ2v) is 6.21. The van der Waals surface area contributed by atoms with E-state index in [4.69, 9.17) is 17.3 Å². The Morgan fingerprint density at radius 3 is 2.50 bits per heavy atom. The molecule has 0 spiro atoms. The molecule has 0 saturated carbocycles. The van der Waals surface area contributed by atoms with Gasteiger partial charge in [-0.2, -0.15) is 0 Å². The van der Waals surface area contributed by atoms with Crippen molar-refractivity contribution in [2.24, 2.45) is 12.8 Å². The number of halogens is 1. The number of rotatable bonds is 4. The second kappa shape index (κ2) is 6.15. The smallest absolute Gasteiger partial charge is 0.0482 e. The number of nitrogens with two attached hydrogens (primary N) is 1. The molecule has 3 aromatic rings. The Morgan fingerprint density at radius 1 is 1.09 bits per heavy atom. The van der Waals surface area contributed by atoms with Crippen molar-refractivity contribution in [1.82, 2.24) is 4.57 Å². The monoisotopic (exact) mass is 312 g/mol. The summed E-state index contributed by atoms with van der Waals surface area (Å²) >= 11 is 6.37. The molecule has 1 aromatic heterocycles.